The maximum absolute atomic E-state index is 13.0. The van der Waals surface area contributed by atoms with E-state index in [-0.39, 0.29) is 23.2 Å². The van der Waals surface area contributed by atoms with Gasteiger partial charge in [-0.1, -0.05) is 0 Å². The summed E-state index contributed by atoms with van der Waals surface area (Å²) >= 11 is 1.41. The van der Waals surface area contributed by atoms with Crippen LogP contribution in [0.25, 0.3) is 0 Å². The van der Waals surface area contributed by atoms with Crippen LogP contribution in [0, 0.1) is 5.41 Å². The number of nitrogen functional groups attached to an aromatic ring is 1. The quantitative estimate of drug-likeness (QED) is 0.670. The zero-order valence-corrected chi connectivity index (χ0v) is 11.2. The molecule has 0 aliphatic carbocycles. The van der Waals surface area contributed by atoms with Gasteiger partial charge in [-0.2, -0.15) is 13.2 Å². The standard InChI is InChI=1S/C13H12F3N3S/c14-13(15,16)11-3-9(5-17)12(18)4-8(11)1-2-10-6-20-7-19-10/h3-7,17H,1-2,18H2. The molecule has 0 saturated carbocycles. The van der Waals surface area contributed by atoms with Gasteiger partial charge in [-0.25, -0.2) is 4.98 Å². The van der Waals surface area contributed by atoms with E-state index < -0.39 is 11.7 Å². The average Bonchev–Trinajstić information content (AvgIpc) is 2.88. The van der Waals surface area contributed by atoms with Crippen LogP contribution >= 0.6 is 11.3 Å². The number of hydrogen-bond acceptors (Lipinski definition) is 4. The number of hydrogen-bond donors (Lipinski definition) is 2. The van der Waals surface area contributed by atoms with Gasteiger partial charge in [0.1, 0.15) is 0 Å². The predicted molar refractivity (Wildman–Crippen MR) is 73.3 cm³/mol. The van der Waals surface area contributed by atoms with Crippen molar-refractivity contribution in [1.29, 1.82) is 5.41 Å². The Labute approximate surface area is 117 Å². The fraction of sp³-hybridized carbons (Fsp3) is 0.231. The Kier molecular flexibility index (Phi) is 4.08. The Hall–Kier alpha value is -1.89. The van der Waals surface area contributed by atoms with Crippen LogP contribution in [0.2, 0.25) is 0 Å². The Balaban J connectivity index is 2.35. The molecule has 0 fully saturated rings. The van der Waals surface area contributed by atoms with E-state index in [1.54, 1.807) is 5.51 Å². The Morgan fingerprint density at radius 1 is 1.30 bits per heavy atom. The first-order valence-corrected chi connectivity index (χ1v) is 6.73. The lowest BCUT2D eigenvalue weighted by atomic mass is 9.98. The second-order valence-electron chi connectivity index (χ2n) is 4.26. The van der Waals surface area contributed by atoms with Gasteiger partial charge in [0.05, 0.1) is 16.8 Å². The van der Waals surface area contributed by atoms with Crippen LogP contribution in [0.1, 0.15) is 22.4 Å². The Morgan fingerprint density at radius 2 is 2.05 bits per heavy atom. The van der Waals surface area contributed by atoms with Crippen LogP contribution in [0.5, 0.6) is 0 Å². The number of aromatic nitrogens is 1. The van der Waals surface area contributed by atoms with Gasteiger partial charge in [-0.05, 0) is 30.5 Å². The van der Waals surface area contributed by atoms with Crippen molar-refractivity contribution in [1.82, 2.24) is 4.98 Å². The predicted octanol–water partition coefficient (Wildman–Crippen LogP) is 3.53. The molecule has 0 bridgehead atoms. The van der Waals surface area contributed by atoms with Gasteiger partial charge in [-0.3, -0.25) is 0 Å². The molecule has 3 N–H and O–H groups in total. The normalized spacial score (nSPS) is 11.6. The summed E-state index contributed by atoms with van der Waals surface area (Å²) in [4.78, 5) is 4.05. The van der Waals surface area contributed by atoms with Crippen LogP contribution in [-0.2, 0) is 19.0 Å². The van der Waals surface area contributed by atoms with E-state index in [0.29, 0.717) is 6.42 Å². The smallest absolute Gasteiger partial charge is 0.398 e. The maximum atomic E-state index is 13.0. The lowest BCUT2D eigenvalue weighted by Crippen LogP contribution is -2.12. The fourth-order valence-electron chi connectivity index (χ4n) is 1.90. The van der Waals surface area contributed by atoms with Gasteiger partial charge in [0.2, 0.25) is 0 Å². The molecule has 106 valence electrons. The van der Waals surface area contributed by atoms with Crippen molar-refractivity contribution >= 4 is 23.2 Å². The molecule has 1 heterocycles. The number of nitrogens with one attached hydrogen (secondary N) is 1. The summed E-state index contributed by atoms with van der Waals surface area (Å²) in [5.41, 5.74) is 7.73. The number of rotatable bonds is 4. The number of anilines is 1. The molecule has 7 heteroatoms. The summed E-state index contributed by atoms with van der Waals surface area (Å²) in [6.45, 7) is 0. The van der Waals surface area contributed by atoms with E-state index in [0.717, 1.165) is 18.0 Å². The number of aryl methyl sites for hydroxylation is 2. The average molecular weight is 299 g/mol. The first kappa shape index (κ1) is 14.5. The summed E-state index contributed by atoms with van der Waals surface area (Å²) in [7, 11) is 0. The van der Waals surface area contributed by atoms with Crippen LogP contribution in [-0.4, -0.2) is 11.2 Å². The highest BCUT2D eigenvalue weighted by Crippen LogP contribution is 2.34. The summed E-state index contributed by atoms with van der Waals surface area (Å²) < 4.78 is 39.1. The number of nitrogens with zero attached hydrogens (tertiary/aromatic N) is 1. The molecule has 0 aliphatic heterocycles. The Bertz CT molecular complexity index is 606. The minimum absolute atomic E-state index is 0.0785. The Morgan fingerprint density at radius 3 is 2.60 bits per heavy atom. The van der Waals surface area contributed by atoms with Crippen molar-refractivity contribution < 1.29 is 13.2 Å². The monoisotopic (exact) mass is 299 g/mol. The SMILES string of the molecule is N=Cc1cc(C(F)(F)F)c(CCc2cscn2)cc1N. The van der Waals surface area contributed by atoms with Crippen LogP contribution < -0.4 is 5.73 Å². The molecule has 0 radical (unpaired) electrons. The van der Waals surface area contributed by atoms with Crippen molar-refractivity contribution in [3.8, 4) is 0 Å². The largest absolute Gasteiger partial charge is 0.416 e. The van der Waals surface area contributed by atoms with Gasteiger partial charge >= 0.3 is 6.18 Å². The third-order valence-corrected chi connectivity index (χ3v) is 3.54. The minimum atomic E-state index is -4.46. The van der Waals surface area contributed by atoms with E-state index in [1.165, 1.54) is 17.4 Å². The molecule has 0 unspecified atom stereocenters. The van der Waals surface area contributed by atoms with Crippen molar-refractivity contribution in [2.24, 2.45) is 0 Å². The molecule has 20 heavy (non-hydrogen) atoms. The van der Waals surface area contributed by atoms with Crippen molar-refractivity contribution in [2.75, 3.05) is 5.73 Å². The van der Waals surface area contributed by atoms with Gasteiger partial charge in [0, 0.05) is 22.8 Å². The van der Waals surface area contributed by atoms with E-state index in [9.17, 15) is 13.2 Å². The zero-order chi connectivity index (χ0) is 14.8. The summed E-state index contributed by atoms with van der Waals surface area (Å²) in [5.74, 6) is 0. The zero-order valence-electron chi connectivity index (χ0n) is 10.4. The third kappa shape index (κ3) is 3.16. The molecule has 0 amide bonds. The van der Waals surface area contributed by atoms with Crippen molar-refractivity contribution in [3.63, 3.8) is 0 Å². The van der Waals surface area contributed by atoms with E-state index in [2.05, 4.69) is 4.98 Å². The molecule has 0 saturated heterocycles. The van der Waals surface area contributed by atoms with Crippen molar-refractivity contribution in [3.05, 3.63) is 45.4 Å². The molecular weight excluding hydrogens is 287 g/mol. The molecule has 2 aromatic rings. The number of thiazole rings is 1. The number of alkyl halides is 3. The number of nitrogens with two attached hydrogens (primary N) is 1. The maximum Gasteiger partial charge on any atom is 0.416 e. The van der Waals surface area contributed by atoms with Gasteiger partial charge in [0.15, 0.2) is 0 Å². The molecule has 3 nitrogen and oxygen atoms in total. The second-order valence-corrected chi connectivity index (χ2v) is 4.98. The molecule has 2 rings (SSSR count). The fourth-order valence-corrected chi connectivity index (χ4v) is 2.49. The topological polar surface area (TPSA) is 62.8 Å². The van der Waals surface area contributed by atoms with E-state index >= 15 is 0 Å². The number of halogens is 3. The van der Waals surface area contributed by atoms with E-state index in [1.807, 2.05) is 5.38 Å². The summed E-state index contributed by atoms with van der Waals surface area (Å²) in [6, 6.07) is 2.23. The van der Waals surface area contributed by atoms with Gasteiger partial charge < -0.3 is 11.1 Å². The minimum Gasteiger partial charge on any atom is -0.398 e. The molecule has 0 aliphatic rings. The lowest BCUT2D eigenvalue weighted by molar-refractivity contribution is -0.138. The van der Waals surface area contributed by atoms with Crippen LogP contribution in [0.3, 0.4) is 0 Å². The molecule has 1 aromatic heterocycles. The first-order valence-electron chi connectivity index (χ1n) is 5.79. The van der Waals surface area contributed by atoms with Gasteiger partial charge in [-0.15, -0.1) is 11.3 Å². The highest BCUT2D eigenvalue weighted by molar-refractivity contribution is 7.07. The van der Waals surface area contributed by atoms with Gasteiger partial charge in [0.25, 0.3) is 0 Å². The second kappa shape index (κ2) is 5.62. The molecule has 1 aromatic carbocycles. The highest BCUT2D eigenvalue weighted by Gasteiger charge is 2.33. The highest BCUT2D eigenvalue weighted by atomic mass is 32.1. The molecule has 0 atom stereocenters. The van der Waals surface area contributed by atoms with Crippen LogP contribution in [0.15, 0.2) is 23.0 Å². The molecular formula is C13H12F3N3S. The summed E-state index contributed by atoms with van der Waals surface area (Å²) in [5, 5.41) is 8.90. The lowest BCUT2D eigenvalue weighted by Gasteiger charge is -2.15. The summed E-state index contributed by atoms with van der Waals surface area (Å²) in [6.07, 6.45) is -2.99. The molecule has 0 spiro atoms. The van der Waals surface area contributed by atoms with Crippen molar-refractivity contribution in [2.45, 2.75) is 19.0 Å². The van der Waals surface area contributed by atoms with E-state index in [4.69, 9.17) is 11.1 Å². The first-order chi connectivity index (χ1) is 9.41. The van der Waals surface area contributed by atoms with Crippen LogP contribution in [0.4, 0.5) is 18.9 Å². The third-order valence-electron chi connectivity index (χ3n) is 2.90. The number of benzene rings is 1.